The number of amides is 4. The van der Waals surface area contributed by atoms with Crippen molar-refractivity contribution in [3.8, 4) is 0 Å². The summed E-state index contributed by atoms with van der Waals surface area (Å²) in [6.45, 7) is 9.17. The summed E-state index contributed by atoms with van der Waals surface area (Å²) in [5, 5.41) is 0. The number of hydrogen-bond donors (Lipinski definition) is 0. The van der Waals surface area contributed by atoms with Gasteiger partial charge in [-0.15, -0.1) is 0 Å². The fourth-order valence-electron chi connectivity index (χ4n) is 6.04. The number of nitrogens with zero attached hydrogens (tertiary/aromatic N) is 7. The molecule has 11 nitrogen and oxygen atoms in total. The smallest absolute Gasteiger partial charge is 0.369 e. The summed E-state index contributed by atoms with van der Waals surface area (Å²) in [7, 11) is 4.98. The Bertz CT molecular complexity index is 1570. The van der Waals surface area contributed by atoms with E-state index in [-0.39, 0.29) is 47.5 Å². The summed E-state index contributed by atoms with van der Waals surface area (Å²) in [5.74, 6) is -2.41. The molecule has 3 heterocycles. The van der Waals surface area contributed by atoms with Crippen LogP contribution in [0.3, 0.4) is 0 Å². The molecule has 0 N–H and O–H groups in total. The van der Waals surface area contributed by atoms with Gasteiger partial charge in [0.05, 0.1) is 16.9 Å². The molecular formula is C33H41F4N7O4. The Morgan fingerprint density at radius 1 is 1.08 bits per heavy atom. The van der Waals surface area contributed by atoms with E-state index in [4.69, 9.17) is 0 Å². The minimum atomic E-state index is -4.67. The summed E-state index contributed by atoms with van der Waals surface area (Å²) in [6.07, 6.45) is -3.47. The summed E-state index contributed by atoms with van der Waals surface area (Å²) in [5.41, 5.74) is -0.573. The molecule has 2 atom stereocenters. The Balaban J connectivity index is 1.43. The molecular weight excluding hydrogens is 634 g/mol. The third-order valence-corrected chi connectivity index (χ3v) is 8.82. The Hall–Kier alpha value is -4.53. The molecule has 0 aliphatic carbocycles. The molecule has 15 heteroatoms. The molecule has 260 valence electrons. The lowest BCUT2D eigenvalue weighted by Crippen LogP contribution is -2.58. The van der Waals surface area contributed by atoms with Gasteiger partial charge < -0.3 is 24.5 Å². The van der Waals surface area contributed by atoms with Gasteiger partial charge in [-0.25, -0.2) is 9.37 Å². The Morgan fingerprint density at radius 2 is 1.79 bits per heavy atom. The van der Waals surface area contributed by atoms with Gasteiger partial charge >= 0.3 is 6.18 Å². The number of benzene rings is 1. The molecule has 2 aliphatic heterocycles. The van der Waals surface area contributed by atoms with Crippen molar-refractivity contribution in [2.75, 3.05) is 75.1 Å². The Labute approximate surface area is 277 Å². The highest BCUT2D eigenvalue weighted by Crippen LogP contribution is 2.36. The lowest BCUT2D eigenvalue weighted by molar-refractivity contribution is -0.148. The SMILES string of the molecule is C=CC(=O)N1CCN(CCN(C)CCN(C)c2c(F)cccc2N(C)C(=O)C2CCC(=O)N2c2cc(C(F)(F)F)cc(C)n2)C(=O)[C@H]1C. The van der Waals surface area contributed by atoms with Crippen molar-refractivity contribution in [2.45, 2.75) is 44.9 Å². The molecule has 1 unspecified atom stereocenters. The second-order valence-corrected chi connectivity index (χ2v) is 12.1. The van der Waals surface area contributed by atoms with Gasteiger partial charge in [-0.05, 0) is 57.7 Å². The van der Waals surface area contributed by atoms with Crippen LogP contribution in [0.1, 0.15) is 31.0 Å². The van der Waals surface area contributed by atoms with Crippen molar-refractivity contribution in [1.82, 2.24) is 19.7 Å². The molecule has 48 heavy (non-hydrogen) atoms. The minimum absolute atomic E-state index is 0.0434. The summed E-state index contributed by atoms with van der Waals surface area (Å²) in [4.78, 5) is 64.7. The van der Waals surface area contributed by atoms with Crippen molar-refractivity contribution in [2.24, 2.45) is 0 Å². The molecule has 0 saturated carbocycles. The number of likely N-dealkylation sites (N-methyl/N-ethyl adjacent to an activating group) is 3. The van der Waals surface area contributed by atoms with E-state index in [1.165, 1.54) is 42.0 Å². The number of anilines is 3. The zero-order chi connectivity index (χ0) is 35.5. The molecule has 0 spiro atoms. The highest BCUT2D eigenvalue weighted by atomic mass is 19.4. The molecule has 4 amide bonds. The zero-order valence-electron chi connectivity index (χ0n) is 27.8. The highest BCUT2D eigenvalue weighted by Gasteiger charge is 2.41. The number of para-hydroxylation sites is 1. The first kappa shape index (κ1) is 36.3. The number of halogens is 4. The molecule has 2 saturated heterocycles. The normalized spacial score (nSPS) is 18.5. The summed E-state index contributed by atoms with van der Waals surface area (Å²) < 4.78 is 56.0. The number of carbonyl (C=O) groups excluding carboxylic acids is 4. The van der Waals surface area contributed by atoms with Crippen molar-refractivity contribution < 1.29 is 36.7 Å². The average molecular weight is 676 g/mol. The van der Waals surface area contributed by atoms with Crippen molar-refractivity contribution in [3.05, 3.63) is 60.1 Å². The Morgan fingerprint density at radius 3 is 2.46 bits per heavy atom. The largest absolute Gasteiger partial charge is 0.416 e. The molecule has 2 aromatic rings. The van der Waals surface area contributed by atoms with Crippen LogP contribution in [0.25, 0.3) is 0 Å². The van der Waals surface area contributed by atoms with Crippen LogP contribution in [0, 0.1) is 12.7 Å². The molecule has 0 radical (unpaired) electrons. The fourth-order valence-corrected chi connectivity index (χ4v) is 6.04. The van der Waals surface area contributed by atoms with Gasteiger partial charge in [-0.1, -0.05) is 12.6 Å². The van der Waals surface area contributed by atoms with E-state index in [0.717, 1.165) is 17.0 Å². The lowest BCUT2D eigenvalue weighted by Gasteiger charge is -2.39. The fraction of sp³-hybridized carbons (Fsp3) is 0.485. The Kier molecular flexibility index (Phi) is 11.1. The maximum atomic E-state index is 15.4. The predicted molar refractivity (Wildman–Crippen MR) is 173 cm³/mol. The van der Waals surface area contributed by atoms with Gasteiger partial charge in [0.2, 0.25) is 23.6 Å². The number of pyridine rings is 1. The van der Waals surface area contributed by atoms with Crippen molar-refractivity contribution in [1.29, 1.82) is 0 Å². The number of hydrogen-bond acceptors (Lipinski definition) is 7. The van der Waals surface area contributed by atoms with E-state index in [2.05, 4.69) is 11.6 Å². The second-order valence-electron chi connectivity index (χ2n) is 12.1. The second kappa shape index (κ2) is 14.7. The van der Waals surface area contributed by atoms with Crippen LogP contribution >= 0.6 is 0 Å². The van der Waals surface area contributed by atoms with E-state index in [9.17, 15) is 32.3 Å². The van der Waals surface area contributed by atoms with Crippen LogP contribution in [0.5, 0.6) is 0 Å². The molecule has 2 aliphatic rings. The lowest BCUT2D eigenvalue weighted by atomic mass is 10.1. The molecule has 2 fully saturated rings. The first-order valence-corrected chi connectivity index (χ1v) is 15.6. The third kappa shape index (κ3) is 7.77. The van der Waals surface area contributed by atoms with E-state index in [1.807, 2.05) is 11.9 Å². The van der Waals surface area contributed by atoms with Crippen LogP contribution < -0.4 is 14.7 Å². The van der Waals surface area contributed by atoms with Crippen molar-refractivity contribution >= 4 is 40.8 Å². The number of carbonyl (C=O) groups is 4. The monoisotopic (exact) mass is 675 g/mol. The number of alkyl halides is 3. The molecule has 0 bridgehead atoms. The number of aryl methyl sites for hydroxylation is 1. The maximum absolute atomic E-state index is 15.4. The van der Waals surface area contributed by atoms with Gasteiger partial charge in [0, 0.05) is 65.5 Å². The minimum Gasteiger partial charge on any atom is -0.369 e. The maximum Gasteiger partial charge on any atom is 0.416 e. The molecule has 4 rings (SSSR count). The third-order valence-electron chi connectivity index (χ3n) is 8.82. The van der Waals surface area contributed by atoms with Gasteiger partial charge in [-0.2, -0.15) is 13.2 Å². The van der Waals surface area contributed by atoms with E-state index in [1.54, 1.807) is 29.8 Å². The first-order chi connectivity index (χ1) is 22.5. The number of piperazine rings is 1. The number of aromatic nitrogens is 1. The topological polar surface area (TPSA) is 101 Å². The van der Waals surface area contributed by atoms with Crippen LogP contribution in [-0.2, 0) is 25.4 Å². The first-order valence-electron chi connectivity index (χ1n) is 15.6. The van der Waals surface area contributed by atoms with E-state index >= 15 is 4.39 Å². The number of rotatable bonds is 11. The average Bonchev–Trinajstić information content (AvgIpc) is 3.43. The highest BCUT2D eigenvalue weighted by molar-refractivity contribution is 6.09. The van der Waals surface area contributed by atoms with Crippen LogP contribution in [0.15, 0.2) is 43.0 Å². The quantitative estimate of drug-likeness (QED) is 0.266. The van der Waals surface area contributed by atoms with Gasteiger partial charge in [0.15, 0.2) is 0 Å². The zero-order valence-corrected chi connectivity index (χ0v) is 27.8. The van der Waals surface area contributed by atoms with Gasteiger partial charge in [0.25, 0.3) is 0 Å². The van der Waals surface area contributed by atoms with Crippen LogP contribution in [0.2, 0.25) is 0 Å². The standard InChI is InChI=1S/C33H41F4N7O4/c1-7-28(45)43-18-17-42(31(47)22(43)3)16-14-39(4)13-15-40(5)30-24(34)9-8-10-25(30)41(6)32(48)26-11-12-29(46)44(26)27-20-23(33(35,36)37)19-21(2)38-27/h7-10,19-20,22,26H,1,11-18H2,2-6H3/t22-,26?/m1/s1. The van der Waals surface area contributed by atoms with Gasteiger partial charge in [0.1, 0.15) is 23.7 Å². The van der Waals surface area contributed by atoms with Gasteiger partial charge in [-0.3, -0.25) is 24.1 Å². The summed E-state index contributed by atoms with van der Waals surface area (Å²) in [6, 6.07) is 4.19. The van der Waals surface area contributed by atoms with E-state index in [0.29, 0.717) is 39.3 Å². The van der Waals surface area contributed by atoms with E-state index < -0.39 is 41.5 Å². The van der Waals surface area contributed by atoms with Crippen LogP contribution in [0.4, 0.5) is 34.8 Å². The predicted octanol–water partition coefficient (Wildman–Crippen LogP) is 3.32. The van der Waals surface area contributed by atoms with Crippen LogP contribution in [-0.4, -0.2) is 116 Å². The molecule has 1 aromatic heterocycles. The van der Waals surface area contributed by atoms with Crippen molar-refractivity contribution in [3.63, 3.8) is 0 Å². The summed E-state index contributed by atoms with van der Waals surface area (Å²) >= 11 is 0. The molecule has 1 aromatic carbocycles.